The Morgan fingerprint density at radius 2 is 1.75 bits per heavy atom. The van der Waals surface area contributed by atoms with Crippen molar-refractivity contribution in [2.45, 2.75) is 19.5 Å². The normalized spacial score (nSPS) is 9.88. The van der Waals surface area contributed by atoms with E-state index in [0.29, 0.717) is 0 Å². The zero-order valence-electron chi connectivity index (χ0n) is 5.19. The molecule has 0 amide bonds. The van der Waals surface area contributed by atoms with E-state index in [4.69, 9.17) is 0 Å². The van der Waals surface area contributed by atoms with Crippen LogP contribution in [0.2, 0.25) is 0 Å². The molecule has 0 atom stereocenters. The minimum atomic E-state index is -2.19. The maximum atomic E-state index is 11.8. The fourth-order valence-corrected chi connectivity index (χ4v) is 0. The van der Waals surface area contributed by atoms with E-state index in [9.17, 15) is 14.3 Å². The summed E-state index contributed by atoms with van der Waals surface area (Å²) in [5.41, 5.74) is -2.19. The van der Waals surface area contributed by atoms with E-state index in [1.165, 1.54) is 0 Å². The molecule has 0 aromatic rings. The summed E-state index contributed by atoms with van der Waals surface area (Å²) < 4.78 is 11.8. The second-order valence-electron chi connectivity index (χ2n) is 1.76. The van der Waals surface area contributed by atoms with E-state index < -0.39 is 11.6 Å². The second-order valence-corrected chi connectivity index (χ2v) is 1.76. The topological polar surface area (TPSA) is 40.1 Å². The van der Waals surface area contributed by atoms with Crippen LogP contribution >= 0.6 is 0 Å². The van der Waals surface area contributed by atoms with Crippen molar-refractivity contribution < 1.29 is 65.7 Å². The van der Waals surface area contributed by atoms with E-state index in [-0.39, 0.29) is 51.4 Å². The van der Waals surface area contributed by atoms with Gasteiger partial charge in [-0.05, 0) is 13.8 Å². The van der Waals surface area contributed by atoms with Crippen LogP contribution in [0.3, 0.4) is 0 Å². The van der Waals surface area contributed by atoms with Crippen molar-refractivity contribution >= 4 is 5.97 Å². The molecule has 0 radical (unpaired) electrons. The van der Waals surface area contributed by atoms with Crippen LogP contribution < -0.4 is 56.5 Å². The Morgan fingerprint density at radius 3 is 1.75 bits per heavy atom. The maximum Gasteiger partial charge on any atom is 1.00 e. The summed E-state index contributed by atoms with van der Waals surface area (Å²) in [5.74, 6) is -1.67. The molecule has 0 aliphatic carbocycles. The van der Waals surface area contributed by atoms with Gasteiger partial charge in [0.1, 0.15) is 5.67 Å². The van der Waals surface area contributed by atoms with E-state index in [1.807, 2.05) is 0 Å². The number of hydrogen-bond acceptors (Lipinski definition) is 2. The van der Waals surface area contributed by atoms with Crippen molar-refractivity contribution in [3.8, 4) is 0 Å². The van der Waals surface area contributed by atoms with Crippen LogP contribution in [-0.2, 0) is 4.79 Å². The van der Waals surface area contributed by atoms with Crippen molar-refractivity contribution in [2.24, 2.45) is 0 Å². The molecular weight excluding hydrogens is 138 g/mol. The Bertz CT molecular complexity index is 86.5. The molecule has 2 nitrogen and oxygen atoms in total. The first-order valence-corrected chi connectivity index (χ1v) is 1.85. The van der Waals surface area contributed by atoms with Crippen LogP contribution in [-0.4, -0.2) is 11.6 Å². The number of carboxylic acid groups (broad SMARTS) is 1. The van der Waals surface area contributed by atoms with Crippen LogP contribution in [0.5, 0.6) is 0 Å². The SMILES string of the molecule is CC(C)(F)C(=O)[O-].[K+]. The van der Waals surface area contributed by atoms with Gasteiger partial charge in [0.15, 0.2) is 0 Å². The minimum Gasteiger partial charge on any atom is -0.547 e. The molecule has 0 unspecified atom stereocenters. The zero-order valence-corrected chi connectivity index (χ0v) is 8.32. The van der Waals surface area contributed by atoms with Crippen molar-refractivity contribution in [2.75, 3.05) is 0 Å². The fourth-order valence-electron chi connectivity index (χ4n) is 0. The van der Waals surface area contributed by atoms with Gasteiger partial charge in [0.05, 0.1) is 5.97 Å². The number of carboxylic acids is 1. The van der Waals surface area contributed by atoms with Crippen LogP contribution in [0.1, 0.15) is 13.8 Å². The van der Waals surface area contributed by atoms with Crippen LogP contribution in [0.4, 0.5) is 4.39 Å². The average molecular weight is 144 g/mol. The van der Waals surface area contributed by atoms with Gasteiger partial charge in [-0.1, -0.05) is 0 Å². The van der Waals surface area contributed by atoms with Crippen LogP contribution in [0.15, 0.2) is 0 Å². The number of hydrogen-bond donors (Lipinski definition) is 0. The third-order valence-corrected chi connectivity index (χ3v) is 0.485. The van der Waals surface area contributed by atoms with Crippen LogP contribution in [0.25, 0.3) is 0 Å². The average Bonchev–Trinajstić information content (AvgIpc) is 1.31. The van der Waals surface area contributed by atoms with E-state index in [0.717, 1.165) is 13.8 Å². The maximum absolute atomic E-state index is 11.8. The molecule has 0 saturated heterocycles. The van der Waals surface area contributed by atoms with Gasteiger partial charge in [-0.15, -0.1) is 0 Å². The molecule has 0 N–H and O–H groups in total. The molecule has 0 fully saturated rings. The molecule has 0 spiro atoms. The van der Waals surface area contributed by atoms with Gasteiger partial charge in [0, 0.05) is 0 Å². The van der Waals surface area contributed by atoms with Crippen molar-refractivity contribution in [3.63, 3.8) is 0 Å². The third-order valence-electron chi connectivity index (χ3n) is 0.485. The van der Waals surface area contributed by atoms with Gasteiger partial charge >= 0.3 is 51.4 Å². The van der Waals surface area contributed by atoms with Gasteiger partial charge in [-0.25, -0.2) is 4.39 Å². The summed E-state index contributed by atoms with van der Waals surface area (Å²) in [6.07, 6.45) is 0. The first-order chi connectivity index (χ1) is 2.94. The summed E-state index contributed by atoms with van der Waals surface area (Å²) in [4.78, 5) is 9.53. The number of rotatable bonds is 1. The molecule has 0 bridgehead atoms. The van der Waals surface area contributed by atoms with Gasteiger partial charge in [-0.3, -0.25) is 0 Å². The van der Waals surface area contributed by atoms with Crippen molar-refractivity contribution in [1.29, 1.82) is 0 Å². The summed E-state index contributed by atoms with van der Waals surface area (Å²) >= 11 is 0. The summed E-state index contributed by atoms with van der Waals surface area (Å²) in [5, 5.41) is 9.53. The molecule has 0 aromatic heterocycles. The number of carbonyl (C=O) groups excluding carboxylic acids is 1. The van der Waals surface area contributed by atoms with Gasteiger partial charge in [-0.2, -0.15) is 0 Å². The van der Waals surface area contributed by atoms with Gasteiger partial charge in [0.2, 0.25) is 0 Å². The number of halogens is 1. The molecule has 0 aromatic carbocycles. The van der Waals surface area contributed by atoms with E-state index >= 15 is 0 Å². The zero-order chi connectivity index (χ0) is 6.08. The fraction of sp³-hybridized carbons (Fsp3) is 0.750. The minimum absolute atomic E-state index is 0. The van der Waals surface area contributed by atoms with Crippen molar-refractivity contribution in [3.05, 3.63) is 0 Å². The number of carbonyl (C=O) groups is 1. The van der Waals surface area contributed by atoms with Gasteiger partial charge < -0.3 is 9.90 Å². The van der Waals surface area contributed by atoms with Crippen LogP contribution in [0, 0.1) is 0 Å². The predicted molar refractivity (Wildman–Crippen MR) is 20.2 cm³/mol. The Morgan fingerprint density at radius 1 is 1.62 bits per heavy atom. The standard InChI is InChI=1S/C4H7FO2.K/c1-4(2,5)3(6)7;/h1-2H3,(H,6,7);/q;+1/p-1. The Balaban J connectivity index is 0. The van der Waals surface area contributed by atoms with E-state index in [2.05, 4.69) is 0 Å². The van der Waals surface area contributed by atoms with E-state index in [1.54, 1.807) is 0 Å². The first kappa shape index (κ1) is 11.8. The summed E-state index contributed by atoms with van der Waals surface area (Å²) in [6, 6.07) is 0. The molecular formula is C4H6FKO2. The predicted octanol–water partition coefficient (Wildman–Crippen LogP) is -3.51. The quantitative estimate of drug-likeness (QED) is 0.358. The molecule has 0 saturated carbocycles. The third kappa shape index (κ3) is 5.18. The summed E-state index contributed by atoms with van der Waals surface area (Å²) in [6.45, 7) is 1.87. The Hall–Kier alpha value is 1.04. The largest absolute Gasteiger partial charge is 1.00 e. The van der Waals surface area contributed by atoms with Gasteiger partial charge in [0.25, 0.3) is 0 Å². The molecule has 4 heteroatoms. The molecule has 8 heavy (non-hydrogen) atoms. The molecule has 0 rings (SSSR count). The molecule has 42 valence electrons. The Labute approximate surface area is 89.9 Å². The second kappa shape index (κ2) is 3.95. The molecule has 0 aliphatic heterocycles. The first-order valence-electron chi connectivity index (χ1n) is 1.85. The molecule has 0 aliphatic rings. The number of aliphatic carboxylic acids is 1. The summed E-state index contributed by atoms with van der Waals surface area (Å²) in [7, 11) is 0. The molecule has 0 heterocycles. The number of alkyl halides is 1. The Kier molecular flexibility index (Phi) is 5.82. The monoisotopic (exact) mass is 144 g/mol. The van der Waals surface area contributed by atoms with Crippen molar-refractivity contribution in [1.82, 2.24) is 0 Å². The smallest absolute Gasteiger partial charge is 0.547 e.